The molecule has 0 aliphatic rings. The Labute approximate surface area is 196 Å². The van der Waals surface area contributed by atoms with Crippen molar-refractivity contribution in [3.05, 3.63) is 81.1 Å². The molecule has 5 rings (SSSR count). The quantitative estimate of drug-likeness (QED) is 0.390. The molecule has 0 bridgehead atoms. The zero-order valence-electron chi connectivity index (χ0n) is 19.8. The summed E-state index contributed by atoms with van der Waals surface area (Å²) in [4.78, 5) is 30.3. The Balaban J connectivity index is 1.83. The number of imidazole rings is 2. The molecular weight excluding hydrogens is 430 g/mol. The highest BCUT2D eigenvalue weighted by atomic mass is 16.5. The molecule has 3 heterocycles. The summed E-state index contributed by atoms with van der Waals surface area (Å²) in [5.41, 5.74) is 3.92. The second-order valence-electron chi connectivity index (χ2n) is 8.51. The highest BCUT2D eigenvalue weighted by molar-refractivity contribution is 5.79. The number of hydrogen-bond donors (Lipinski definition) is 0. The summed E-state index contributed by atoms with van der Waals surface area (Å²) >= 11 is 0. The van der Waals surface area contributed by atoms with E-state index in [1.54, 1.807) is 18.6 Å². The van der Waals surface area contributed by atoms with E-state index in [1.807, 2.05) is 35.0 Å². The molecule has 0 saturated carbocycles. The van der Waals surface area contributed by atoms with Crippen molar-refractivity contribution >= 4 is 16.9 Å². The monoisotopic (exact) mass is 457 g/mol. The Kier molecular flexibility index (Phi) is 5.36. The summed E-state index contributed by atoms with van der Waals surface area (Å²) in [7, 11) is 4.75. The molecule has 8 heteroatoms. The fourth-order valence-electron chi connectivity index (χ4n) is 4.40. The zero-order valence-corrected chi connectivity index (χ0v) is 19.8. The number of fused-ring (bicyclic) bond motifs is 3. The van der Waals surface area contributed by atoms with Gasteiger partial charge in [-0.3, -0.25) is 22.9 Å². The van der Waals surface area contributed by atoms with Gasteiger partial charge in [0, 0.05) is 31.5 Å². The average molecular weight is 458 g/mol. The first-order valence-electron chi connectivity index (χ1n) is 11.4. The number of nitrogens with zero attached hydrogens (tertiary/aromatic N) is 5. The fourth-order valence-corrected chi connectivity index (χ4v) is 4.40. The maximum Gasteiger partial charge on any atom is 0.332 e. The van der Waals surface area contributed by atoms with Crippen LogP contribution in [0.5, 0.6) is 5.75 Å². The normalized spacial score (nSPS) is 11.5. The third-order valence-corrected chi connectivity index (χ3v) is 6.34. The summed E-state index contributed by atoms with van der Waals surface area (Å²) < 4.78 is 11.8. The number of aryl methyl sites for hydroxylation is 2. The molecule has 0 fully saturated rings. The molecule has 5 aromatic rings. The standard InChI is InChI=1S/C26H27N5O3/c1-5-6-8-17-11-13-19(14-12-17)31-21(18-9-7-10-20(15-18)34-4)16-30-22-23(27-25(30)31)28(2)26(33)29(3)24(22)32/h7,9-16H,5-6,8H2,1-4H3. The summed E-state index contributed by atoms with van der Waals surface area (Å²) in [5.74, 6) is 1.30. The second kappa shape index (κ2) is 8.37. The van der Waals surface area contributed by atoms with E-state index >= 15 is 0 Å². The molecule has 0 aliphatic heterocycles. The number of ether oxygens (including phenoxy) is 1. The van der Waals surface area contributed by atoms with Crippen molar-refractivity contribution in [2.75, 3.05) is 7.11 Å². The van der Waals surface area contributed by atoms with E-state index in [1.165, 1.54) is 17.2 Å². The number of unbranched alkanes of at least 4 members (excludes halogenated alkanes) is 1. The van der Waals surface area contributed by atoms with Crippen LogP contribution in [0.2, 0.25) is 0 Å². The van der Waals surface area contributed by atoms with E-state index in [0.717, 1.165) is 46.5 Å². The van der Waals surface area contributed by atoms with Crippen LogP contribution < -0.4 is 16.0 Å². The molecule has 0 radical (unpaired) electrons. The Hall–Kier alpha value is -4.07. The minimum Gasteiger partial charge on any atom is -0.497 e. The highest BCUT2D eigenvalue weighted by Gasteiger charge is 2.22. The minimum absolute atomic E-state index is 0.355. The van der Waals surface area contributed by atoms with Crippen molar-refractivity contribution in [1.82, 2.24) is 23.1 Å². The first-order valence-corrected chi connectivity index (χ1v) is 11.4. The maximum absolute atomic E-state index is 13.1. The number of methoxy groups -OCH3 is 1. The van der Waals surface area contributed by atoms with Crippen molar-refractivity contribution in [3.63, 3.8) is 0 Å². The van der Waals surface area contributed by atoms with Gasteiger partial charge in [0.25, 0.3) is 5.56 Å². The fraction of sp³-hybridized carbons (Fsp3) is 0.269. The van der Waals surface area contributed by atoms with Gasteiger partial charge in [0.1, 0.15) is 5.75 Å². The van der Waals surface area contributed by atoms with Gasteiger partial charge in [0.2, 0.25) is 5.78 Å². The number of benzene rings is 2. The van der Waals surface area contributed by atoms with Crippen LogP contribution in [0, 0.1) is 0 Å². The van der Waals surface area contributed by atoms with Gasteiger partial charge in [-0.1, -0.05) is 37.6 Å². The van der Waals surface area contributed by atoms with Crippen molar-refractivity contribution < 1.29 is 4.74 Å². The smallest absolute Gasteiger partial charge is 0.332 e. The number of rotatable bonds is 6. The molecule has 0 N–H and O–H groups in total. The van der Waals surface area contributed by atoms with E-state index in [4.69, 9.17) is 9.72 Å². The van der Waals surface area contributed by atoms with Crippen molar-refractivity contribution in [1.29, 1.82) is 0 Å². The van der Waals surface area contributed by atoms with Crippen LogP contribution in [0.15, 0.2) is 64.3 Å². The van der Waals surface area contributed by atoms with Crippen LogP contribution in [0.1, 0.15) is 25.3 Å². The van der Waals surface area contributed by atoms with Gasteiger partial charge in [-0.2, -0.15) is 4.98 Å². The molecule has 0 unspecified atom stereocenters. The molecule has 34 heavy (non-hydrogen) atoms. The molecule has 0 aliphatic carbocycles. The van der Waals surface area contributed by atoms with Gasteiger partial charge in [-0.15, -0.1) is 0 Å². The number of aromatic nitrogens is 5. The molecule has 2 aromatic carbocycles. The molecule has 0 saturated heterocycles. The van der Waals surface area contributed by atoms with E-state index < -0.39 is 5.69 Å². The van der Waals surface area contributed by atoms with Gasteiger partial charge in [0.15, 0.2) is 11.2 Å². The highest BCUT2D eigenvalue weighted by Crippen LogP contribution is 2.31. The largest absolute Gasteiger partial charge is 0.497 e. The van der Waals surface area contributed by atoms with E-state index in [2.05, 4.69) is 31.2 Å². The first kappa shape index (κ1) is 21.8. The van der Waals surface area contributed by atoms with Crippen molar-refractivity contribution in [2.24, 2.45) is 14.1 Å². The van der Waals surface area contributed by atoms with Gasteiger partial charge >= 0.3 is 5.69 Å². The van der Waals surface area contributed by atoms with Crippen molar-refractivity contribution in [3.8, 4) is 22.7 Å². The van der Waals surface area contributed by atoms with Gasteiger partial charge in [-0.05, 0) is 42.7 Å². The Morgan fingerprint density at radius 1 is 1.00 bits per heavy atom. The Morgan fingerprint density at radius 3 is 2.47 bits per heavy atom. The lowest BCUT2D eigenvalue weighted by Gasteiger charge is -2.11. The molecule has 0 spiro atoms. The lowest BCUT2D eigenvalue weighted by molar-refractivity contribution is 0.415. The summed E-state index contributed by atoms with van der Waals surface area (Å²) in [5, 5.41) is 0. The van der Waals surface area contributed by atoms with Crippen LogP contribution in [-0.2, 0) is 20.5 Å². The van der Waals surface area contributed by atoms with Crippen LogP contribution in [0.3, 0.4) is 0 Å². The first-order chi connectivity index (χ1) is 16.4. The van der Waals surface area contributed by atoms with E-state index in [-0.39, 0.29) is 5.56 Å². The predicted octanol–water partition coefficient (Wildman–Crippen LogP) is 3.69. The van der Waals surface area contributed by atoms with Gasteiger partial charge < -0.3 is 4.74 Å². The molecule has 174 valence electrons. The van der Waals surface area contributed by atoms with Crippen LogP contribution in [0.4, 0.5) is 0 Å². The molecule has 0 amide bonds. The SMILES string of the molecule is CCCCc1ccc(-n2c(-c3cccc(OC)c3)cn3c4c(=O)n(C)c(=O)n(C)c4nc23)cc1. The lowest BCUT2D eigenvalue weighted by Crippen LogP contribution is -2.37. The molecule has 8 nitrogen and oxygen atoms in total. The van der Waals surface area contributed by atoms with Gasteiger partial charge in [0.05, 0.1) is 12.8 Å². The van der Waals surface area contributed by atoms with Crippen LogP contribution in [0.25, 0.3) is 33.9 Å². The van der Waals surface area contributed by atoms with E-state index in [9.17, 15) is 9.59 Å². The minimum atomic E-state index is -0.405. The third-order valence-electron chi connectivity index (χ3n) is 6.34. The molecule has 3 aromatic heterocycles. The summed E-state index contributed by atoms with van der Waals surface area (Å²) in [6.45, 7) is 2.19. The third kappa shape index (κ3) is 3.34. The molecule has 0 atom stereocenters. The Bertz CT molecular complexity index is 1630. The number of hydrogen-bond acceptors (Lipinski definition) is 4. The van der Waals surface area contributed by atoms with Crippen LogP contribution >= 0.6 is 0 Å². The lowest BCUT2D eigenvalue weighted by atomic mass is 10.1. The second-order valence-corrected chi connectivity index (χ2v) is 8.51. The van der Waals surface area contributed by atoms with E-state index in [0.29, 0.717) is 16.9 Å². The zero-order chi connectivity index (χ0) is 24.0. The average Bonchev–Trinajstić information content (AvgIpc) is 3.42. The maximum atomic E-state index is 13.1. The van der Waals surface area contributed by atoms with Crippen LogP contribution in [-0.4, -0.2) is 30.2 Å². The predicted molar refractivity (Wildman–Crippen MR) is 133 cm³/mol. The molecular formula is C26H27N5O3. The summed E-state index contributed by atoms with van der Waals surface area (Å²) in [6, 6.07) is 16.2. The van der Waals surface area contributed by atoms with Crippen molar-refractivity contribution in [2.45, 2.75) is 26.2 Å². The van der Waals surface area contributed by atoms with Gasteiger partial charge in [-0.25, -0.2) is 4.79 Å². The topological polar surface area (TPSA) is 75.5 Å². The summed E-state index contributed by atoms with van der Waals surface area (Å²) in [6.07, 6.45) is 5.22. The Morgan fingerprint density at radius 2 is 1.76 bits per heavy atom.